The first-order valence-corrected chi connectivity index (χ1v) is 10.7. The van der Waals surface area contributed by atoms with Gasteiger partial charge in [0.1, 0.15) is 22.9 Å². The Morgan fingerprint density at radius 2 is 1.70 bits per heavy atom. The van der Waals surface area contributed by atoms with Crippen LogP contribution in [-0.2, 0) is 11.3 Å². The highest BCUT2D eigenvalue weighted by molar-refractivity contribution is 6.09. The Bertz CT molecular complexity index is 1210. The van der Waals surface area contributed by atoms with Gasteiger partial charge in [-0.2, -0.15) is 0 Å². The molecule has 0 unspecified atom stereocenters. The summed E-state index contributed by atoms with van der Waals surface area (Å²) in [6, 6.07) is 16.0. The fourth-order valence-corrected chi connectivity index (χ4v) is 4.32. The van der Waals surface area contributed by atoms with Gasteiger partial charge in [0.15, 0.2) is 0 Å². The van der Waals surface area contributed by atoms with E-state index >= 15 is 0 Å². The second-order valence-corrected chi connectivity index (χ2v) is 8.50. The van der Waals surface area contributed by atoms with E-state index in [9.17, 15) is 9.18 Å². The highest BCUT2D eigenvalue weighted by Crippen LogP contribution is 2.44. The first-order valence-electron chi connectivity index (χ1n) is 10.7. The molecule has 1 aliphatic rings. The van der Waals surface area contributed by atoms with E-state index in [-0.39, 0.29) is 11.7 Å². The van der Waals surface area contributed by atoms with Crippen LogP contribution < -0.4 is 25.0 Å². The molecule has 0 atom stereocenters. The van der Waals surface area contributed by atoms with Crippen molar-refractivity contribution in [1.29, 1.82) is 0 Å². The molecule has 4 rings (SSSR count). The highest BCUT2D eigenvalue weighted by Gasteiger charge is 2.38. The number of carbonyl (C=O) groups excluding carboxylic acids is 1. The molecule has 7 heteroatoms. The van der Waals surface area contributed by atoms with Crippen molar-refractivity contribution in [2.45, 2.75) is 25.9 Å². The molecule has 172 valence electrons. The van der Waals surface area contributed by atoms with Gasteiger partial charge < -0.3 is 25.0 Å². The predicted octanol–water partition coefficient (Wildman–Crippen LogP) is 5.29. The molecule has 33 heavy (non-hydrogen) atoms. The number of amides is 1. The molecule has 6 nitrogen and oxygen atoms in total. The number of methoxy groups -OCH3 is 2. The Morgan fingerprint density at radius 1 is 1.00 bits per heavy atom. The summed E-state index contributed by atoms with van der Waals surface area (Å²) in [7, 11) is 4.92. The topological polar surface area (TPSA) is 62.8 Å². The summed E-state index contributed by atoms with van der Waals surface area (Å²) in [5.41, 5.74) is 4.17. The van der Waals surface area contributed by atoms with E-state index in [0.29, 0.717) is 18.0 Å². The summed E-state index contributed by atoms with van der Waals surface area (Å²) in [5.74, 6) is 0.716. The molecule has 3 aromatic carbocycles. The minimum absolute atomic E-state index is 0.0447. The van der Waals surface area contributed by atoms with Gasteiger partial charge in [-0.05, 0) is 49.7 Å². The lowest BCUT2D eigenvalue weighted by Crippen LogP contribution is -2.52. The zero-order chi connectivity index (χ0) is 23.8. The number of ether oxygens (including phenoxy) is 2. The Labute approximate surface area is 193 Å². The first-order chi connectivity index (χ1) is 15.8. The smallest absolute Gasteiger partial charge is 0.251 e. The van der Waals surface area contributed by atoms with Gasteiger partial charge >= 0.3 is 0 Å². The summed E-state index contributed by atoms with van der Waals surface area (Å²) in [5, 5.41) is 6.80. The van der Waals surface area contributed by atoms with Crippen molar-refractivity contribution in [2.24, 2.45) is 0 Å². The van der Waals surface area contributed by atoms with Gasteiger partial charge in [0.2, 0.25) is 0 Å². The van der Waals surface area contributed by atoms with Crippen LogP contribution in [-0.4, -0.2) is 32.7 Å². The minimum atomic E-state index is -0.732. The van der Waals surface area contributed by atoms with Gasteiger partial charge in [0.25, 0.3) is 5.91 Å². The number of nitrogens with zero attached hydrogens (tertiary/aromatic N) is 1. The van der Waals surface area contributed by atoms with Crippen LogP contribution >= 0.6 is 0 Å². The number of rotatable bonds is 6. The molecule has 0 bridgehead atoms. The predicted molar refractivity (Wildman–Crippen MR) is 130 cm³/mol. The van der Waals surface area contributed by atoms with Crippen LogP contribution in [0.5, 0.6) is 11.5 Å². The van der Waals surface area contributed by atoms with Crippen molar-refractivity contribution in [2.75, 3.05) is 36.8 Å². The molecule has 1 amide bonds. The van der Waals surface area contributed by atoms with Gasteiger partial charge in [0, 0.05) is 30.8 Å². The van der Waals surface area contributed by atoms with Crippen molar-refractivity contribution in [3.63, 3.8) is 0 Å². The second kappa shape index (κ2) is 8.65. The van der Waals surface area contributed by atoms with Crippen LogP contribution in [0.15, 0.2) is 54.6 Å². The molecule has 0 saturated heterocycles. The summed E-state index contributed by atoms with van der Waals surface area (Å²) in [6.45, 7) is 4.12. The fraction of sp³-hybridized carbons (Fsp3) is 0.269. The van der Waals surface area contributed by atoms with Gasteiger partial charge in [-0.25, -0.2) is 4.39 Å². The number of anilines is 3. The number of para-hydroxylation sites is 2. The SMILES string of the molecule is COc1ccccc1NCc1c(-c2ccc(F)cc2OC)ccc2c1N(C)C(=O)C(C)(C)N2. The molecule has 0 saturated carbocycles. The van der Waals surface area contributed by atoms with Crippen molar-refractivity contribution in [3.8, 4) is 22.6 Å². The fourth-order valence-electron chi connectivity index (χ4n) is 4.32. The van der Waals surface area contributed by atoms with Crippen LogP contribution in [0.25, 0.3) is 11.1 Å². The minimum Gasteiger partial charge on any atom is -0.496 e. The zero-order valence-electron chi connectivity index (χ0n) is 19.5. The number of nitrogens with one attached hydrogen (secondary N) is 2. The van der Waals surface area contributed by atoms with E-state index in [1.165, 1.54) is 19.2 Å². The van der Waals surface area contributed by atoms with E-state index in [4.69, 9.17) is 9.47 Å². The van der Waals surface area contributed by atoms with E-state index in [1.807, 2.05) is 50.2 Å². The van der Waals surface area contributed by atoms with E-state index in [1.54, 1.807) is 25.1 Å². The zero-order valence-corrected chi connectivity index (χ0v) is 19.5. The molecule has 3 aromatic rings. The van der Waals surface area contributed by atoms with Crippen LogP contribution in [0.2, 0.25) is 0 Å². The molecule has 0 spiro atoms. The lowest BCUT2D eigenvalue weighted by atomic mass is 9.91. The van der Waals surface area contributed by atoms with Crippen molar-refractivity contribution < 1.29 is 18.7 Å². The van der Waals surface area contributed by atoms with Crippen molar-refractivity contribution in [3.05, 3.63) is 66.0 Å². The van der Waals surface area contributed by atoms with E-state index < -0.39 is 5.54 Å². The maximum Gasteiger partial charge on any atom is 0.251 e. The second-order valence-electron chi connectivity index (χ2n) is 8.50. The molecule has 1 aliphatic heterocycles. The third-order valence-electron chi connectivity index (χ3n) is 5.92. The molecule has 2 N–H and O–H groups in total. The number of hydrogen-bond donors (Lipinski definition) is 2. The van der Waals surface area contributed by atoms with Gasteiger partial charge in [-0.1, -0.05) is 18.2 Å². The molecule has 1 heterocycles. The highest BCUT2D eigenvalue weighted by atomic mass is 19.1. The summed E-state index contributed by atoms with van der Waals surface area (Å²) < 4.78 is 24.9. The third kappa shape index (κ3) is 4.06. The molecule has 0 radical (unpaired) electrons. The van der Waals surface area contributed by atoms with Crippen molar-refractivity contribution in [1.82, 2.24) is 0 Å². The van der Waals surface area contributed by atoms with Crippen LogP contribution in [0.3, 0.4) is 0 Å². The largest absolute Gasteiger partial charge is 0.496 e. The first kappa shape index (κ1) is 22.5. The number of hydrogen-bond acceptors (Lipinski definition) is 5. The van der Waals surface area contributed by atoms with Crippen LogP contribution in [0.4, 0.5) is 21.5 Å². The monoisotopic (exact) mass is 449 g/mol. The third-order valence-corrected chi connectivity index (χ3v) is 5.92. The quantitative estimate of drug-likeness (QED) is 0.536. The summed E-state index contributed by atoms with van der Waals surface area (Å²) >= 11 is 0. The number of benzene rings is 3. The standard InChI is InChI=1S/C26H28FN3O3/c1-26(2)25(31)30(3)24-19(15-28-20-8-6-7-9-22(20)32-4)17(12-13-21(24)29-26)18-11-10-16(27)14-23(18)33-5/h6-14,28-29H,15H2,1-5H3. The molecular weight excluding hydrogens is 421 g/mol. The van der Waals surface area contributed by atoms with Gasteiger partial charge in [0.05, 0.1) is 31.3 Å². The summed E-state index contributed by atoms with van der Waals surface area (Å²) in [4.78, 5) is 14.8. The number of carbonyl (C=O) groups is 1. The van der Waals surface area contributed by atoms with Gasteiger partial charge in [-0.3, -0.25) is 4.79 Å². The van der Waals surface area contributed by atoms with E-state index in [2.05, 4.69) is 10.6 Å². The normalized spacial score (nSPS) is 14.4. The molecule has 0 fully saturated rings. The van der Waals surface area contributed by atoms with E-state index in [0.717, 1.165) is 33.8 Å². The lowest BCUT2D eigenvalue weighted by Gasteiger charge is -2.40. The number of fused-ring (bicyclic) bond motifs is 1. The number of likely N-dealkylation sites (N-methyl/N-ethyl adjacent to an activating group) is 1. The molecule has 0 aromatic heterocycles. The lowest BCUT2D eigenvalue weighted by molar-refractivity contribution is -0.121. The Balaban J connectivity index is 1.88. The van der Waals surface area contributed by atoms with Gasteiger partial charge in [-0.15, -0.1) is 0 Å². The number of halogens is 1. The average molecular weight is 450 g/mol. The molecule has 0 aliphatic carbocycles. The Kier molecular flexibility index (Phi) is 5.89. The maximum absolute atomic E-state index is 13.9. The van der Waals surface area contributed by atoms with Crippen LogP contribution in [0, 0.1) is 5.82 Å². The Morgan fingerprint density at radius 3 is 2.42 bits per heavy atom. The summed E-state index contributed by atoms with van der Waals surface area (Å²) in [6.07, 6.45) is 0. The maximum atomic E-state index is 13.9. The average Bonchev–Trinajstić information content (AvgIpc) is 2.81. The Hall–Kier alpha value is -3.74. The van der Waals surface area contributed by atoms with Crippen molar-refractivity contribution >= 4 is 23.0 Å². The van der Waals surface area contributed by atoms with Crippen LogP contribution in [0.1, 0.15) is 19.4 Å². The molecular formula is C26H28FN3O3.